The molecule has 0 spiro atoms. The maximum absolute atomic E-state index is 12.5. The van der Waals surface area contributed by atoms with E-state index in [1.54, 1.807) is 0 Å². The number of aliphatic hydroxyl groups is 1. The summed E-state index contributed by atoms with van der Waals surface area (Å²) in [6, 6.07) is 11.3. The predicted octanol–water partition coefficient (Wildman–Crippen LogP) is 1.27. The lowest BCUT2D eigenvalue weighted by Crippen LogP contribution is -2.54. The zero-order chi connectivity index (χ0) is 29.0. The molecule has 0 aromatic heterocycles. The number of aryl methyl sites for hydroxylation is 4. The van der Waals surface area contributed by atoms with Gasteiger partial charge in [-0.1, -0.05) is 36.4 Å². The maximum atomic E-state index is 12.5. The molecule has 2 aromatic rings. The monoisotopic (exact) mass is 550 g/mol. The Kier molecular flexibility index (Phi) is 9.97. The van der Waals surface area contributed by atoms with Crippen molar-refractivity contribution in [1.29, 1.82) is 0 Å². The number of piperazine rings is 2. The Morgan fingerprint density at radius 2 is 0.950 bits per heavy atom. The van der Waals surface area contributed by atoms with E-state index in [2.05, 4.69) is 19.6 Å². The number of hydrogen-bond acceptors (Lipinski definition) is 7. The van der Waals surface area contributed by atoms with Gasteiger partial charge in [-0.15, -0.1) is 0 Å². The van der Waals surface area contributed by atoms with Crippen molar-refractivity contribution in [2.75, 3.05) is 65.4 Å². The van der Waals surface area contributed by atoms with Crippen LogP contribution in [0.25, 0.3) is 0 Å². The van der Waals surface area contributed by atoms with E-state index in [9.17, 15) is 14.7 Å². The summed E-state index contributed by atoms with van der Waals surface area (Å²) in [6.45, 7) is 15.3. The van der Waals surface area contributed by atoms with Gasteiger partial charge in [0.05, 0.1) is 6.10 Å². The molecule has 0 saturated carbocycles. The standard InChI is InChI=1S/C31H46N6O3/c1-21-7-5-8-22(2)26(21)28(30(32)39)36-15-11-34(12-16-36)19-25(38)20-35-13-17-37(18-14-35)29(31(33)40)27-23(3)9-6-10-24(27)4/h5-10,25,28-29,38H,11-20H2,1-4H3,(H2,32,39)(H2,33,40). The van der Waals surface area contributed by atoms with Gasteiger partial charge in [-0.05, 0) is 61.1 Å². The summed E-state index contributed by atoms with van der Waals surface area (Å²) < 4.78 is 0. The van der Waals surface area contributed by atoms with E-state index in [4.69, 9.17) is 11.5 Å². The fourth-order valence-electron chi connectivity index (χ4n) is 6.59. The van der Waals surface area contributed by atoms with E-state index < -0.39 is 18.2 Å². The Hall–Kier alpha value is -2.82. The molecule has 0 radical (unpaired) electrons. The maximum Gasteiger partial charge on any atom is 0.239 e. The molecule has 2 aliphatic rings. The van der Waals surface area contributed by atoms with Crippen molar-refractivity contribution in [3.63, 3.8) is 0 Å². The van der Waals surface area contributed by atoms with Crippen molar-refractivity contribution in [2.45, 2.75) is 45.9 Å². The van der Waals surface area contributed by atoms with E-state index in [-0.39, 0.29) is 11.8 Å². The summed E-state index contributed by atoms with van der Waals surface area (Å²) in [4.78, 5) is 33.9. The predicted molar refractivity (Wildman–Crippen MR) is 158 cm³/mol. The molecule has 0 aliphatic carbocycles. The third kappa shape index (κ3) is 6.90. The Balaban J connectivity index is 1.27. The van der Waals surface area contributed by atoms with Crippen molar-refractivity contribution in [3.8, 4) is 0 Å². The number of amides is 2. The first-order chi connectivity index (χ1) is 19.1. The van der Waals surface area contributed by atoms with E-state index in [0.717, 1.165) is 85.7 Å². The van der Waals surface area contributed by atoms with Crippen LogP contribution in [0.4, 0.5) is 0 Å². The fraction of sp³-hybridized carbons (Fsp3) is 0.548. The Bertz CT molecular complexity index is 1060. The lowest BCUT2D eigenvalue weighted by atomic mass is 9.94. The Morgan fingerprint density at radius 1 is 0.650 bits per heavy atom. The summed E-state index contributed by atoms with van der Waals surface area (Å²) in [5.74, 6) is -0.637. The van der Waals surface area contributed by atoms with Gasteiger partial charge in [0.2, 0.25) is 11.8 Å². The second kappa shape index (κ2) is 13.2. The van der Waals surface area contributed by atoms with Crippen LogP contribution in [0.1, 0.15) is 45.5 Å². The van der Waals surface area contributed by atoms with Crippen molar-refractivity contribution >= 4 is 11.8 Å². The molecule has 2 saturated heterocycles. The number of hydrogen-bond donors (Lipinski definition) is 3. The van der Waals surface area contributed by atoms with Crippen LogP contribution in [0.3, 0.4) is 0 Å². The molecule has 218 valence electrons. The van der Waals surface area contributed by atoms with Gasteiger partial charge in [0.1, 0.15) is 12.1 Å². The van der Waals surface area contributed by atoms with Crippen molar-refractivity contribution in [2.24, 2.45) is 11.5 Å². The number of β-amino-alcohol motifs (C(OH)–C–C–N with tert-alkyl or cyclic N) is 1. The van der Waals surface area contributed by atoms with Crippen molar-refractivity contribution < 1.29 is 14.7 Å². The van der Waals surface area contributed by atoms with Gasteiger partial charge in [0.25, 0.3) is 0 Å². The minimum absolute atomic E-state index is 0.318. The summed E-state index contributed by atoms with van der Waals surface area (Å²) in [5, 5.41) is 10.9. The topological polar surface area (TPSA) is 119 Å². The SMILES string of the molecule is Cc1cccc(C)c1C(C(N)=O)N1CCN(CC(O)CN2CCN(C(C(N)=O)c3c(C)cccc3C)CC2)CC1. The molecule has 0 bridgehead atoms. The van der Waals surface area contributed by atoms with Crippen LogP contribution in [0.2, 0.25) is 0 Å². The van der Waals surface area contributed by atoms with E-state index in [1.165, 1.54) is 0 Å². The van der Waals surface area contributed by atoms with Gasteiger partial charge in [0.15, 0.2) is 0 Å². The van der Waals surface area contributed by atoms with Crippen LogP contribution < -0.4 is 11.5 Å². The smallest absolute Gasteiger partial charge is 0.239 e. The molecule has 5 N–H and O–H groups in total. The van der Waals surface area contributed by atoms with Crippen LogP contribution in [0, 0.1) is 27.7 Å². The van der Waals surface area contributed by atoms with E-state index >= 15 is 0 Å². The largest absolute Gasteiger partial charge is 0.390 e. The number of benzene rings is 2. The molecule has 4 rings (SSSR count). The quantitative estimate of drug-likeness (QED) is 0.408. The number of nitrogens with two attached hydrogens (primary N) is 2. The van der Waals surface area contributed by atoms with E-state index in [0.29, 0.717) is 13.1 Å². The number of primary amides is 2. The lowest BCUT2D eigenvalue weighted by Gasteiger charge is -2.41. The number of rotatable bonds is 10. The first-order valence-electron chi connectivity index (χ1n) is 14.4. The molecule has 9 nitrogen and oxygen atoms in total. The van der Waals surface area contributed by atoms with Crippen LogP contribution in [0.15, 0.2) is 36.4 Å². The zero-order valence-electron chi connectivity index (χ0n) is 24.5. The van der Waals surface area contributed by atoms with Crippen LogP contribution in [0.5, 0.6) is 0 Å². The third-order valence-electron chi connectivity index (χ3n) is 8.65. The van der Waals surface area contributed by atoms with Crippen molar-refractivity contribution in [1.82, 2.24) is 19.6 Å². The number of carbonyl (C=O) groups excluding carboxylic acids is 2. The highest BCUT2D eigenvalue weighted by molar-refractivity contribution is 5.83. The third-order valence-corrected chi connectivity index (χ3v) is 8.65. The second-order valence-electron chi connectivity index (χ2n) is 11.5. The summed E-state index contributed by atoms with van der Waals surface area (Å²) in [6.07, 6.45) is -0.478. The zero-order valence-corrected chi connectivity index (χ0v) is 24.5. The Morgan fingerprint density at radius 3 is 1.23 bits per heavy atom. The number of carbonyl (C=O) groups is 2. The van der Waals surface area contributed by atoms with Crippen LogP contribution >= 0.6 is 0 Å². The van der Waals surface area contributed by atoms with E-state index in [1.807, 2.05) is 64.1 Å². The van der Waals surface area contributed by atoms with Crippen LogP contribution in [-0.4, -0.2) is 108 Å². The molecule has 2 amide bonds. The molecule has 2 aromatic carbocycles. The molecule has 2 heterocycles. The molecule has 2 atom stereocenters. The molecule has 2 unspecified atom stereocenters. The summed E-state index contributed by atoms with van der Waals surface area (Å²) in [7, 11) is 0. The van der Waals surface area contributed by atoms with Crippen molar-refractivity contribution in [3.05, 3.63) is 69.8 Å². The highest BCUT2D eigenvalue weighted by Crippen LogP contribution is 2.29. The Labute approximate surface area is 238 Å². The second-order valence-corrected chi connectivity index (χ2v) is 11.5. The van der Waals surface area contributed by atoms with Gasteiger partial charge in [0, 0.05) is 65.4 Å². The number of nitrogens with zero attached hydrogens (tertiary/aromatic N) is 4. The molecular formula is C31H46N6O3. The molecule has 2 aliphatic heterocycles. The lowest BCUT2D eigenvalue weighted by molar-refractivity contribution is -0.125. The highest BCUT2D eigenvalue weighted by atomic mass is 16.3. The summed E-state index contributed by atoms with van der Waals surface area (Å²) >= 11 is 0. The first kappa shape index (κ1) is 30.1. The number of aliphatic hydroxyl groups excluding tert-OH is 1. The molecule has 40 heavy (non-hydrogen) atoms. The summed E-state index contributed by atoms with van der Waals surface area (Å²) in [5.41, 5.74) is 18.1. The van der Waals surface area contributed by atoms with Crippen LogP contribution in [-0.2, 0) is 9.59 Å². The highest BCUT2D eigenvalue weighted by Gasteiger charge is 2.33. The van der Waals surface area contributed by atoms with Gasteiger partial charge >= 0.3 is 0 Å². The van der Waals surface area contributed by atoms with Gasteiger partial charge in [-0.3, -0.25) is 29.2 Å². The van der Waals surface area contributed by atoms with Gasteiger partial charge < -0.3 is 16.6 Å². The molecular weight excluding hydrogens is 504 g/mol. The molecule has 9 heteroatoms. The average molecular weight is 551 g/mol. The normalized spacial score (nSPS) is 20.2. The van der Waals surface area contributed by atoms with Gasteiger partial charge in [-0.25, -0.2) is 0 Å². The minimum atomic E-state index is -0.478. The fourth-order valence-corrected chi connectivity index (χ4v) is 6.59. The first-order valence-corrected chi connectivity index (χ1v) is 14.4. The average Bonchev–Trinajstić information content (AvgIpc) is 2.89. The molecule has 2 fully saturated rings. The van der Waals surface area contributed by atoms with Gasteiger partial charge in [-0.2, -0.15) is 0 Å². The minimum Gasteiger partial charge on any atom is -0.390 e.